The Kier molecular flexibility index (Phi) is 6.46. The zero-order valence-corrected chi connectivity index (χ0v) is 14.2. The van der Waals surface area contributed by atoms with Crippen LogP contribution in [0.2, 0.25) is 5.02 Å². The molecule has 0 aliphatic carbocycles. The number of carboxylic acids is 1. The highest BCUT2D eigenvalue weighted by Crippen LogP contribution is 2.25. The average Bonchev–Trinajstić information content (AvgIpc) is 2.60. The number of benzene rings is 2. The zero-order chi connectivity index (χ0) is 19.1. The van der Waals surface area contributed by atoms with Crippen molar-refractivity contribution < 1.29 is 24.4 Å². The van der Waals surface area contributed by atoms with Gasteiger partial charge < -0.3 is 9.84 Å². The minimum Gasteiger partial charge on any atom is -0.493 e. The van der Waals surface area contributed by atoms with Crippen molar-refractivity contribution in [2.45, 2.75) is 6.42 Å². The van der Waals surface area contributed by atoms with Gasteiger partial charge in [0.1, 0.15) is 10.8 Å². The maximum atomic E-state index is 12.2. The van der Waals surface area contributed by atoms with Crippen LogP contribution in [-0.4, -0.2) is 28.4 Å². The van der Waals surface area contributed by atoms with E-state index in [0.717, 1.165) is 6.07 Å². The molecule has 0 aliphatic heterocycles. The maximum Gasteiger partial charge on any atom is 0.306 e. The molecule has 0 bridgehead atoms. The maximum absolute atomic E-state index is 12.2. The van der Waals surface area contributed by atoms with Gasteiger partial charge in [-0.15, -0.1) is 0 Å². The Balaban J connectivity index is 2.09. The monoisotopic (exact) mass is 375 g/mol. The van der Waals surface area contributed by atoms with Crippen molar-refractivity contribution in [3.63, 3.8) is 0 Å². The summed E-state index contributed by atoms with van der Waals surface area (Å²) in [5, 5.41) is 19.4. The quantitative estimate of drug-likeness (QED) is 0.323. The van der Waals surface area contributed by atoms with Gasteiger partial charge >= 0.3 is 5.97 Å². The van der Waals surface area contributed by atoms with E-state index in [-0.39, 0.29) is 29.3 Å². The lowest BCUT2D eigenvalue weighted by atomic mass is 10.1. The van der Waals surface area contributed by atoms with Crippen molar-refractivity contribution in [3.05, 3.63) is 74.8 Å². The Labute approximate surface area is 153 Å². The number of carbonyl (C=O) groups is 2. The number of carbonyl (C=O) groups excluding carboxylic acids is 1. The third-order valence-corrected chi connectivity index (χ3v) is 3.62. The Hall–Kier alpha value is -3.19. The summed E-state index contributed by atoms with van der Waals surface area (Å²) in [6.45, 7) is 0.0376. The Bertz CT molecular complexity index is 878. The number of ether oxygens (including phenoxy) is 1. The van der Waals surface area contributed by atoms with E-state index in [4.69, 9.17) is 21.4 Å². The highest BCUT2D eigenvalue weighted by Gasteiger charge is 2.15. The van der Waals surface area contributed by atoms with E-state index in [1.165, 1.54) is 24.3 Å². The van der Waals surface area contributed by atoms with Gasteiger partial charge in [0, 0.05) is 11.6 Å². The van der Waals surface area contributed by atoms with Gasteiger partial charge in [0.15, 0.2) is 5.78 Å². The number of halogens is 1. The molecular formula is C18H14ClNO6. The first-order chi connectivity index (χ1) is 12.4. The summed E-state index contributed by atoms with van der Waals surface area (Å²) in [6, 6.07) is 10.6. The number of hydrogen-bond acceptors (Lipinski definition) is 5. The standard InChI is InChI=1S/C18H14ClNO6/c19-15-6-5-13(11-16(15)20(24)25)17(21)7-4-12-2-1-3-14(10-12)26-9-8-18(22)23/h1-7,10-11H,8-9H2,(H,22,23). The lowest BCUT2D eigenvalue weighted by Crippen LogP contribution is -2.04. The molecule has 0 aliphatic rings. The van der Waals surface area contributed by atoms with Gasteiger partial charge in [-0.05, 0) is 35.9 Å². The van der Waals surface area contributed by atoms with Crippen molar-refractivity contribution in [2.75, 3.05) is 6.61 Å². The SMILES string of the molecule is O=C(O)CCOc1cccc(C=CC(=O)c2ccc(Cl)c([N+](=O)[O-])c2)c1. The number of aliphatic carboxylic acids is 1. The molecule has 0 aromatic heterocycles. The minimum atomic E-state index is -0.955. The largest absolute Gasteiger partial charge is 0.493 e. The third-order valence-electron chi connectivity index (χ3n) is 3.30. The van der Waals surface area contributed by atoms with Gasteiger partial charge in [0.2, 0.25) is 0 Å². The van der Waals surface area contributed by atoms with Crippen LogP contribution < -0.4 is 4.74 Å². The smallest absolute Gasteiger partial charge is 0.306 e. The molecule has 2 aromatic carbocycles. The predicted octanol–water partition coefficient (Wildman–Crippen LogP) is 4.00. The number of nitro groups is 1. The van der Waals surface area contributed by atoms with Gasteiger partial charge in [0.05, 0.1) is 18.0 Å². The zero-order valence-electron chi connectivity index (χ0n) is 13.4. The van der Waals surface area contributed by atoms with Crippen LogP contribution >= 0.6 is 11.6 Å². The van der Waals surface area contributed by atoms with Crippen LogP contribution in [0.15, 0.2) is 48.5 Å². The van der Waals surface area contributed by atoms with Gasteiger partial charge in [-0.2, -0.15) is 0 Å². The van der Waals surface area contributed by atoms with E-state index in [1.54, 1.807) is 24.3 Å². The van der Waals surface area contributed by atoms with E-state index >= 15 is 0 Å². The van der Waals surface area contributed by atoms with Crippen molar-refractivity contribution in [1.82, 2.24) is 0 Å². The number of allylic oxidation sites excluding steroid dienone is 1. The van der Waals surface area contributed by atoms with Crippen LogP contribution in [0.4, 0.5) is 5.69 Å². The topological polar surface area (TPSA) is 107 Å². The van der Waals surface area contributed by atoms with Crippen molar-refractivity contribution in [3.8, 4) is 5.75 Å². The third kappa shape index (κ3) is 5.42. The number of nitrogens with zero attached hydrogens (tertiary/aromatic N) is 1. The fourth-order valence-electron chi connectivity index (χ4n) is 2.04. The molecule has 1 N–H and O–H groups in total. The van der Waals surface area contributed by atoms with E-state index in [2.05, 4.69) is 0 Å². The molecule has 26 heavy (non-hydrogen) atoms. The second-order valence-electron chi connectivity index (χ2n) is 5.19. The number of rotatable bonds is 8. The Morgan fingerprint density at radius 2 is 2.00 bits per heavy atom. The molecule has 0 spiro atoms. The lowest BCUT2D eigenvalue weighted by Gasteiger charge is -2.05. The van der Waals surface area contributed by atoms with Gasteiger partial charge in [0.25, 0.3) is 5.69 Å². The van der Waals surface area contributed by atoms with Crippen molar-refractivity contribution in [1.29, 1.82) is 0 Å². The van der Waals surface area contributed by atoms with Gasteiger partial charge in [-0.3, -0.25) is 19.7 Å². The van der Waals surface area contributed by atoms with E-state index in [1.807, 2.05) is 0 Å². The summed E-state index contributed by atoms with van der Waals surface area (Å²) in [4.78, 5) is 32.9. The first-order valence-corrected chi connectivity index (χ1v) is 7.85. The molecule has 0 radical (unpaired) electrons. The van der Waals surface area contributed by atoms with E-state index in [9.17, 15) is 19.7 Å². The molecule has 0 amide bonds. The molecule has 7 nitrogen and oxygen atoms in total. The number of carboxylic acid groups (broad SMARTS) is 1. The summed E-state index contributed by atoms with van der Waals surface area (Å²) in [6.07, 6.45) is 2.70. The molecule has 0 unspecified atom stereocenters. The highest BCUT2D eigenvalue weighted by atomic mass is 35.5. The van der Waals surface area contributed by atoms with Gasteiger partial charge in [-0.1, -0.05) is 29.8 Å². The van der Waals surface area contributed by atoms with E-state index < -0.39 is 16.7 Å². The Morgan fingerprint density at radius 1 is 1.23 bits per heavy atom. The average molecular weight is 376 g/mol. The molecule has 2 aromatic rings. The van der Waals surface area contributed by atoms with Crippen LogP contribution in [0, 0.1) is 10.1 Å². The second-order valence-corrected chi connectivity index (χ2v) is 5.59. The van der Waals surface area contributed by atoms with Crippen LogP contribution in [-0.2, 0) is 4.79 Å². The minimum absolute atomic E-state index is 0.0376. The van der Waals surface area contributed by atoms with Crippen molar-refractivity contribution in [2.24, 2.45) is 0 Å². The summed E-state index contributed by atoms with van der Waals surface area (Å²) in [7, 11) is 0. The second kappa shape index (κ2) is 8.77. The molecule has 0 fully saturated rings. The Morgan fingerprint density at radius 3 is 2.69 bits per heavy atom. The fourth-order valence-corrected chi connectivity index (χ4v) is 2.22. The summed E-state index contributed by atoms with van der Waals surface area (Å²) < 4.78 is 5.31. The predicted molar refractivity (Wildman–Crippen MR) is 95.7 cm³/mol. The summed E-state index contributed by atoms with van der Waals surface area (Å²) in [5.74, 6) is -0.895. The van der Waals surface area contributed by atoms with Gasteiger partial charge in [-0.25, -0.2) is 0 Å². The van der Waals surface area contributed by atoms with Crippen LogP contribution in [0.3, 0.4) is 0 Å². The fraction of sp³-hybridized carbons (Fsp3) is 0.111. The molecule has 134 valence electrons. The molecule has 8 heteroatoms. The molecule has 0 heterocycles. The van der Waals surface area contributed by atoms with Crippen LogP contribution in [0.25, 0.3) is 6.08 Å². The molecule has 0 saturated carbocycles. The lowest BCUT2D eigenvalue weighted by molar-refractivity contribution is -0.384. The molecule has 0 saturated heterocycles. The normalized spacial score (nSPS) is 10.7. The molecule has 2 rings (SSSR count). The molecule has 0 atom stereocenters. The van der Waals surface area contributed by atoms with E-state index in [0.29, 0.717) is 11.3 Å². The first-order valence-electron chi connectivity index (χ1n) is 7.48. The summed E-state index contributed by atoms with van der Waals surface area (Å²) >= 11 is 5.73. The number of hydrogen-bond donors (Lipinski definition) is 1. The van der Waals surface area contributed by atoms with Crippen LogP contribution in [0.1, 0.15) is 22.3 Å². The molecular weight excluding hydrogens is 362 g/mol. The van der Waals surface area contributed by atoms with Crippen LogP contribution in [0.5, 0.6) is 5.75 Å². The number of nitro benzene ring substituents is 1. The highest BCUT2D eigenvalue weighted by molar-refractivity contribution is 6.32. The first kappa shape index (κ1) is 19.1. The van der Waals surface area contributed by atoms with Crippen molar-refractivity contribution >= 4 is 35.1 Å². The summed E-state index contributed by atoms with van der Waals surface area (Å²) in [5.41, 5.74) is 0.473. The number of ketones is 1.